The Hall–Kier alpha value is -0.120. The standard InChI is InChI=1S/C16H33N3/c1-3-17-16(15-8-4-5-9-15)14-18(2)12-13-19-10-6-7-11-19/h15-17H,3-14H2,1-2H3. The molecule has 0 radical (unpaired) electrons. The zero-order valence-electron chi connectivity index (χ0n) is 13.0. The van der Waals surface area contributed by atoms with Crippen LogP contribution in [0.2, 0.25) is 0 Å². The molecule has 1 saturated heterocycles. The number of nitrogens with zero attached hydrogens (tertiary/aromatic N) is 2. The van der Waals surface area contributed by atoms with Crippen LogP contribution in [-0.2, 0) is 0 Å². The van der Waals surface area contributed by atoms with E-state index in [4.69, 9.17) is 0 Å². The molecule has 2 fully saturated rings. The normalized spacial score (nSPS) is 23.5. The van der Waals surface area contributed by atoms with Gasteiger partial charge in [-0.2, -0.15) is 0 Å². The lowest BCUT2D eigenvalue weighted by Crippen LogP contribution is -2.45. The van der Waals surface area contributed by atoms with Crippen molar-refractivity contribution in [1.29, 1.82) is 0 Å². The van der Waals surface area contributed by atoms with Gasteiger partial charge in [0.25, 0.3) is 0 Å². The molecule has 0 amide bonds. The summed E-state index contributed by atoms with van der Waals surface area (Å²) in [6.07, 6.45) is 8.60. The van der Waals surface area contributed by atoms with Gasteiger partial charge in [-0.1, -0.05) is 19.8 Å². The van der Waals surface area contributed by atoms with Crippen LogP contribution in [0.15, 0.2) is 0 Å². The fraction of sp³-hybridized carbons (Fsp3) is 1.00. The van der Waals surface area contributed by atoms with Gasteiger partial charge in [0.15, 0.2) is 0 Å². The molecule has 1 unspecified atom stereocenters. The third kappa shape index (κ3) is 5.05. The fourth-order valence-corrected chi connectivity index (χ4v) is 3.75. The van der Waals surface area contributed by atoms with Crippen LogP contribution < -0.4 is 5.32 Å². The van der Waals surface area contributed by atoms with Gasteiger partial charge in [-0.05, 0) is 58.3 Å². The summed E-state index contributed by atoms with van der Waals surface area (Å²) in [5.41, 5.74) is 0. The van der Waals surface area contributed by atoms with Crippen molar-refractivity contribution < 1.29 is 0 Å². The molecule has 3 nitrogen and oxygen atoms in total. The third-order valence-corrected chi connectivity index (χ3v) is 4.94. The van der Waals surface area contributed by atoms with Crippen LogP contribution in [0.4, 0.5) is 0 Å². The average Bonchev–Trinajstić information content (AvgIpc) is 3.09. The van der Waals surface area contributed by atoms with Crippen LogP contribution in [-0.4, -0.2) is 62.2 Å². The van der Waals surface area contributed by atoms with Gasteiger partial charge in [0.05, 0.1) is 0 Å². The predicted octanol–water partition coefficient (Wildman–Crippen LogP) is 2.18. The molecule has 1 N–H and O–H groups in total. The van der Waals surface area contributed by atoms with Gasteiger partial charge in [0, 0.05) is 25.7 Å². The Morgan fingerprint density at radius 2 is 1.84 bits per heavy atom. The van der Waals surface area contributed by atoms with E-state index in [0.29, 0.717) is 0 Å². The SMILES string of the molecule is CCNC(CN(C)CCN1CCCC1)C1CCCC1. The maximum atomic E-state index is 3.73. The Bertz CT molecular complexity index is 232. The fourth-order valence-electron chi connectivity index (χ4n) is 3.75. The molecule has 0 aromatic carbocycles. The van der Waals surface area contributed by atoms with Crippen LogP contribution in [0.1, 0.15) is 45.4 Å². The Kier molecular flexibility index (Phi) is 6.62. The second kappa shape index (κ2) is 8.23. The van der Waals surface area contributed by atoms with E-state index >= 15 is 0 Å². The van der Waals surface area contributed by atoms with Gasteiger partial charge in [-0.25, -0.2) is 0 Å². The van der Waals surface area contributed by atoms with E-state index in [0.717, 1.165) is 18.5 Å². The van der Waals surface area contributed by atoms with Crippen LogP contribution in [0, 0.1) is 5.92 Å². The molecule has 3 heteroatoms. The highest BCUT2D eigenvalue weighted by Crippen LogP contribution is 2.28. The number of likely N-dealkylation sites (tertiary alicyclic amines) is 1. The van der Waals surface area contributed by atoms with Crippen molar-refractivity contribution >= 4 is 0 Å². The van der Waals surface area contributed by atoms with Crippen molar-refractivity contribution in [2.24, 2.45) is 5.92 Å². The summed E-state index contributed by atoms with van der Waals surface area (Å²) in [5.74, 6) is 0.925. The minimum Gasteiger partial charge on any atom is -0.313 e. The topological polar surface area (TPSA) is 18.5 Å². The molecule has 1 heterocycles. The Balaban J connectivity index is 1.69. The Morgan fingerprint density at radius 3 is 2.47 bits per heavy atom. The molecule has 1 atom stereocenters. The first-order chi connectivity index (χ1) is 9.29. The van der Waals surface area contributed by atoms with Gasteiger partial charge in [0.2, 0.25) is 0 Å². The average molecular weight is 267 g/mol. The number of likely N-dealkylation sites (N-methyl/N-ethyl adjacent to an activating group) is 2. The Morgan fingerprint density at radius 1 is 1.16 bits per heavy atom. The van der Waals surface area contributed by atoms with Gasteiger partial charge >= 0.3 is 0 Å². The van der Waals surface area contributed by atoms with E-state index in [1.807, 2.05) is 0 Å². The molecule has 2 aliphatic rings. The second-order valence-corrected chi connectivity index (χ2v) is 6.52. The van der Waals surface area contributed by atoms with Crippen molar-refractivity contribution in [3.8, 4) is 0 Å². The van der Waals surface area contributed by atoms with Gasteiger partial charge < -0.3 is 15.1 Å². The summed E-state index contributed by atoms with van der Waals surface area (Å²) < 4.78 is 0. The van der Waals surface area contributed by atoms with Crippen molar-refractivity contribution in [1.82, 2.24) is 15.1 Å². The number of rotatable bonds is 8. The van der Waals surface area contributed by atoms with Crippen molar-refractivity contribution in [2.45, 2.75) is 51.5 Å². The first-order valence-electron chi connectivity index (χ1n) is 8.44. The molecule has 0 aromatic rings. The third-order valence-electron chi connectivity index (χ3n) is 4.94. The summed E-state index contributed by atoms with van der Waals surface area (Å²) in [5, 5.41) is 3.73. The molecule has 0 bridgehead atoms. The highest BCUT2D eigenvalue weighted by Gasteiger charge is 2.25. The largest absolute Gasteiger partial charge is 0.313 e. The highest BCUT2D eigenvalue weighted by atomic mass is 15.2. The smallest absolute Gasteiger partial charge is 0.0223 e. The van der Waals surface area contributed by atoms with Crippen LogP contribution in [0.3, 0.4) is 0 Å². The molecule has 19 heavy (non-hydrogen) atoms. The van der Waals surface area contributed by atoms with Crippen LogP contribution in [0.25, 0.3) is 0 Å². The van der Waals surface area contributed by atoms with E-state index in [9.17, 15) is 0 Å². The zero-order valence-corrected chi connectivity index (χ0v) is 13.0. The molecule has 0 spiro atoms. The van der Waals surface area contributed by atoms with Crippen molar-refractivity contribution in [3.05, 3.63) is 0 Å². The molecule has 1 aliphatic carbocycles. The van der Waals surface area contributed by atoms with Gasteiger partial charge in [0.1, 0.15) is 0 Å². The first-order valence-corrected chi connectivity index (χ1v) is 8.44. The van der Waals surface area contributed by atoms with Crippen LogP contribution >= 0.6 is 0 Å². The summed E-state index contributed by atoms with van der Waals surface area (Å²) in [7, 11) is 2.30. The van der Waals surface area contributed by atoms with E-state index < -0.39 is 0 Å². The molecule has 112 valence electrons. The van der Waals surface area contributed by atoms with Crippen LogP contribution in [0.5, 0.6) is 0 Å². The predicted molar refractivity (Wildman–Crippen MR) is 82.6 cm³/mol. The maximum absolute atomic E-state index is 3.73. The minimum atomic E-state index is 0.719. The van der Waals surface area contributed by atoms with E-state index in [-0.39, 0.29) is 0 Å². The molecule has 0 aromatic heterocycles. The first kappa shape index (κ1) is 15.3. The zero-order chi connectivity index (χ0) is 13.5. The quantitative estimate of drug-likeness (QED) is 0.727. The monoisotopic (exact) mass is 267 g/mol. The van der Waals surface area contributed by atoms with Gasteiger partial charge in [-0.3, -0.25) is 0 Å². The second-order valence-electron chi connectivity index (χ2n) is 6.52. The molecular weight excluding hydrogens is 234 g/mol. The van der Waals surface area contributed by atoms with E-state index in [2.05, 4.69) is 29.1 Å². The lowest BCUT2D eigenvalue weighted by atomic mass is 9.97. The summed E-state index contributed by atoms with van der Waals surface area (Å²) >= 11 is 0. The van der Waals surface area contributed by atoms with E-state index in [1.165, 1.54) is 71.2 Å². The summed E-state index contributed by atoms with van der Waals surface area (Å²) in [6, 6.07) is 0.719. The molecular formula is C16H33N3. The lowest BCUT2D eigenvalue weighted by molar-refractivity contribution is 0.214. The maximum Gasteiger partial charge on any atom is 0.0223 e. The summed E-state index contributed by atoms with van der Waals surface area (Å²) in [6.45, 7) is 9.73. The summed E-state index contributed by atoms with van der Waals surface area (Å²) in [4.78, 5) is 5.16. The van der Waals surface area contributed by atoms with Crippen molar-refractivity contribution in [2.75, 3.05) is 46.3 Å². The molecule has 2 rings (SSSR count). The Labute approximate surface area is 119 Å². The van der Waals surface area contributed by atoms with Gasteiger partial charge in [-0.15, -0.1) is 0 Å². The number of hydrogen-bond donors (Lipinski definition) is 1. The molecule has 1 aliphatic heterocycles. The number of nitrogens with one attached hydrogen (secondary N) is 1. The van der Waals surface area contributed by atoms with Crippen molar-refractivity contribution in [3.63, 3.8) is 0 Å². The molecule has 1 saturated carbocycles. The minimum absolute atomic E-state index is 0.719. The highest BCUT2D eigenvalue weighted by molar-refractivity contribution is 4.82. The van der Waals surface area contributed by atoms with E-state index in [1.54, 1.807) is 0 Å². The lowest BCUT2D eigenvalue weighted by Gasteiger charge is -2.30. The number of hydrogen-bond acceptors (Lipinski definition) is 3.